The second kappa shape index (κ2) is 9.70. The molecule has 2 aromatic carbocycles. The first kappa shape index (κ1) is 19.6. The van der Waals surface area contributed by atoms with Gasteiger partial charge in [0.1, 0.15) is 0 Å². The molecular formula is C24H31NO2. The predicted molar refractivity (Wildman–Crippen MR) is 111 cm³/mol. The molecule has 1 N–H and O–H groups in total. The smallest absolute Gasteiger partial charge is 0.338 e. The Morgan fingerprint density at radius 1 is 1.07 bits per heavy atom. The zero-order chi connectivity index (χ0) is 19.1. The third kappa shape index (κ3) is 5.20. The normalized spacial score (nSPS) is 14.9. The monoisotopic (exact) mass is 365 g/mol. The summed E-state index contributed by atoms with van der Waals surface area (Å²) in [6, 6.07) is 14.3. The van der Waals surface area contributed by atoms with Gasteiger partial charge < -0.3 is 10.1 Å². The number of esters is 1. The van der Waals surface area contributed by atoms with E-state index in [0.29, 0.717) is 5.56 Å². The lowest BCUT2D eigenvalue weighted by molar-refractivity contribution is 0.0601. The van der Waals surface area contributed by atoms with Gasteiger partial charge in [-0.3, -0.25) is 0 Å². The maximum Gasteiger partial charge on any atom is 0.338 e. The average Bonchev–Trinajstić information content (AvgIpc) is 2.72. The number of carbonyl (C=O) groups is 1. The number of ether oxygens (including phenoxy) is 1. The summed E-state index contributed by atoms with van der Waals surface area (Å²) in [5.41, 5.74) is 5.10. The minimum Gasteiger partial charge on any atom is -0.465 e. The van der Waals surface area contributed by atoms with E-state index < -0.39 is 0 Å². The van der Waals surface area contributed by atoms with Crippen molar-refractivity contribution >= 4 is 5.97 Å². The summed E-state index contributed by atoms with van der Waals surface area (Å²) in [7, 11) is 1.44. The van der Waals surface area contributed by atoms with Crippen LogP contribution in [0.4, 0.5) is 0 Å². The fraction of sp³-hybridized carbons (Fsp3) is 0.458. The van der Waals surface area contributed by atoms with Crippen molar-refractivity contribution in [2.75, 3.05) is 20.2 Å². The molecule has 1 saturated carbocycles. The second-order valence-electron chi connectivity index (χ2n) is 7.64. The highest BCUT2D eigenvalue weighted by atomic mass is 16.5. The molecule has 0 bridgehead atoms. The highest BCUT2D eigenvalue weighted by Crippen LogP contribution is 2.29. The van der Waals surface area contributed by atoms with Crippen LogP contribution in [0.3, 0.4) is 0 Å². The molecule has 3 rings (SSSR count). The van der Waals surface area contributed by atoms with E-state index in [9.17, 15) is 4.79 Å². The van der Waals surface area contributed by atoms with Crippen molar-refractivity contribution in [1.29, 1.82) is 0 Å². The Hall–Kier alpha value is -2.13. The summed E-state index contributed by atoms with van der Waals surface area (Å²) in [4.78, 5) is 12.2. The molecule has 0 saturated heterocycles. The first-order valence-electron chi connectivity index (χ1n) is 10.2. The number of carbonyl (C=O) groups excluding carboxylic acids is 1. The van der Waals surface area contributed by atoms with Gasteiger partial charge in [0.05, 0.1) is 12.7 Å². The lowest BCUT2D eigenvalue weighted by Gasteiger charge is -2.21. The number of hydrogen-bond acceptors (Lipinski definition) is 3. The van der Waals surface area contributed by atoms with E-state index in [1.54, 1.807) is 0 Å². The van der Waals surface area contributed by atoms with Crippen LogP contribution in [-0.4, -0.2) is 26.2 Å². The van der Waals surface area contributed by atoms with Gasteiger partial charge in [0.15, 0.2) is 0 Å². The number of aryl methyl sites for hydroxylation is 1. The Morgan fingerprint density at radius 3 is 2.59 bits per heavy atom. The van der Waals surface area contributed by atoms with Gasteiger partial charge in [0.25, 0.3) is 0 Å². The lowest BCUT2D eigenvalue weighted by Crippen LogP contribution is -2.26. The summed E-state index contributed by atoms with van der Waals surface area (Å²) < 4.78 is 4.99. The molecule has 1 fully saturated rings. The summed E-state index contributed by atoms with van der Waals surface area (Å²) in [6.45, 7) is 4.18. The van der Waals surface area contributed by atoms with E-state index in [0.717, 1.165) is 42.1 Å². The molecule has 0 aromatic heterocycles. The van der Waals surface area contributed by atoms with Crippen molar-refractivity contribution in [3.05, 3.63) is 59.2 Å². The summed E-state index contributed by atoms with van der Waals surface area (Å²) in [5.74, 6) is 0.568. The van der Waals surface area contributed by atoms with Crippen LogP contribution in [-0.2, 0) is 11.2 Å². The average molecular weight is 366 g/mol. The quantitative estimate of drug-likeness (QED) is 0.544. The Labute approximate surface area is 163 Å². The second-order valence-corrected chi connectivity index (χ2v) is 7.64. The lowest BCUT2D eigenvalue weighted by atomic mass is 9.89. The number of methoxy groups -OCH3 is 1. The van der Waals surface area contributed by atoms with E-state index in [1.807, 2.05) is 18.2 Å². The Kier molecular flexibility index (Phi) is 7.05. The largest absolute Gasteiger partial charge is 0.465 e. The summed E-state index contributed by atoms with van der Waals surface area (Å²) >= 11 is 0. The van der Waals surface area contributed by atoms with Gasteiger partial charge >= 0.3 is 5.97 Å². The van der Waals surface area contributed by atoms with Crippen LogP contribution in [0.25, 0.3) is 11.1 Å². The first-order valence-corrected chi connectivity index (χ1v) is 10.2. The van der Waals surface area contributed by atoms with Crippen molar-refractivity contribution in [2.24, 2.45) is 5.92 Å². The van der Waals surface area contributed by atoms with Crippen molar-refractivity contribution in [3.8, 4) is 11.1 Å². The van der Waals surface area contributed by atoms with Gasteiger partial charge in [-0.05, 0) is 73.5 Å². The third-order valence-corrected chi connectivity index (χ3v) is 5.67. The molecule has 144 valence electrons. The molecule has 1 aliphatic rings. The standard InChI is InChI=1S/C24H31NO2/c1-18-8-6-7-11-21(18)23-16-19(12-13-22(23)24(26)27-2)14-15-25-17-20-9-4-3-5-10-20/h6-8,11-13,16,20,25H,3-5,9-10,14-15,17H2,1-2H3. The SMILES string of the molecule is COC(=O)c1ccc(CCNCC2CCCCC2)cc1-c1ccccc1C. The van der Waals surface area contributed by atoms with Gasteiger partial charge in [-0.25, -0.2) is 4.79 Å². The van der Waals surface area contributed by atoms with Crippen LogP contribution in [0.2, 0.25) is 0 Å². The van der Waals surface area contributed by atoms with Gasteiger partial charge in [0, 0.05) is 0 Å². The van der Waals surface area contributed by atoms with Crippen molar-refractivity contribution in [3.63, 3.8) is 0 Å². The van der Waals surface area contributed by atoms with Crippen LogP contribution in [0.15, 0.2) is 42.5 Å². The Bertz CT molecular complexity index is 763. The molecule has 1 aliphatic carbocycles. The molecular weight excluding hydrogens is 334 g/mol. The van der Waals surface area contributed by atoms with Crippen LogP contribution in [0, 0.1) is 12.8 Å². The van der Waals surface area contributed by atoms with Crippen LogP contribution in [0.1, 0.15) is 53.6 Å². The molecule has 27 heavy (non-hydrogen) atoms. The maximum atomic E-state index is 12.2. The van der Waals surface area contributed by atoms with Gasteiger partial charge in [0.2, 0.25) is 0 Å². The number of rotatable bonds is 7. The Balaban J connectivity index is 1.70. The van der Waals surface area contributed by atoms with Crippen molar-refractivity contribution in [2.45, 2.75) is 45.4 Å². The Morgan fingerprint density at radius 2 is 1.85 bits per heavy atom. The minimum absolute atomic E-state index is 0.282. The number of nitrogens with one attached hydrogen (secondary N) is 1. The zero-order valence-corrected chi connectivity index (χ0v) is 16.6. The maximum absolute atomic E-state index is 12.2. The number of benzene rings is 2. The van der Waals surface area contributed by atoms with Crippen molar-refractivity contribution < 1.29 is 9.53 Å². The zero-order valence-electron chi connectivity index (χ0n) is 16.6. The molecule has 3 nitrogen and oxygen atoms in total. The summed E-state index contributed by atoms with van der Waals surface area (Å²) in [6.07, 6.45) is 7.90. The first-order chi connectivity index (χ1) is 13.2. The number of hydrogen-bond donors (Lipinski definition) is 1. The predicted octanol–water partition coefficient (Wildman–Crippen LogP) is 5.16. The molecule has 2 aromatic rings. The molecule has 0 atom stereocenters. The molecule has 0 heterocycles. The third-order valence-electron chi connectivity index (χ3n) is 5.67. The van der Waals surface area contributed by atoms with E-state index in [-0.39, 0.29) is 5.97 Å². The van der Waals surface area contributed by atoms with Crippen LogP contribution in [0.5, 0.6) is 0 Å². The molecule has 0 unspecified atom stereocenters. The fourth-order valence-corrected chi connectivity index (χ4v) is 4.06. The van der Waals surface area contributed by atoms with Crippen molar-refractivity contribution in [1.82, 2.24) is 5.32 Å². The summed E-state index contributed by atoms with van der Waals surface area (Å²) in [5, 5.41) is 3.63. The molecule has 3 heteroatoms. The molecule has 0 amide bonds. The fourth-order valence-electron chi connectivity index (χ4n) is 4.06. The minimum atomic E-state index is -0.282. The van der Waals surface area contributed by atoms with E-state index in [1.165, 1.54) is 44.8 Å². The van der Waals surface area contributed by atoms with E-state index in [2.05, 4.69) is 36.5 Å². The van der Waals surface area contributed by atoms with Gasteiger partial charge in [-0.1, -0.05) is 55.7 Å². The van der Waals surface area contributed by atoms with E-state index >= 15 is 0 Å². The van der Waals surface area contributed by atoms with Gasteiger partial charge in [-0.2, -0.15) is 0 Å². The van der Waals surface area contributed by atoms with Crippen LogP contribution < -0.4 is 5.32 Å². The van der Waals surface area contributed by atoms with Gasteiger partial charge in [-0.15, -0.1) is 0 Å². The molecule has 0 aliphatic heterocycles. The highest BCUT2D eigenvalue weighted by Gasteiger charge is 2.16. The van der Waals surface area contributed by atoms with Crippen LogP contribution >= 0.6 is 0 Å². The molecule has 0 radical (unpaired) electrons. The van der Waals surface area contributed by atoms with E-state index in [4.69, 9.17) is 4.74 Å². The molecule has 0 spiro atoms. The highest BCUT2D eigenvalue weighted by molar-refractivity contribution is 5.97. The topological polar surface area (TPSA) is 38.3 Å².